The van der Waals surface area contributed by atoms with E-state index in [9.17, 15) is 18.0 Å². The van der Waals surface area contributed by atoms with Gasteiger partial charge in [-0.3, -0.25) is 0 Å². The molecule has 4 nitrogen and oxygen atoms in total. The van der Waals surface area contributed by atoms with Crippen LogP contribution in [0.4, 0.5) is 18.0 Å². The second kappa shape index (κ2) is 7.49. The first kappa shape index (κ1) is 16.6. The average Bonchev–Trinajstić information content (AvgIpc) is 2.52. The van der Waals surface area contributed by atoms with E-state index < -0.39 is 17.5 Å². The number of nitrogens with zero attached hydrogens (tertiary/aromatic N) is 1. The predicted molar refractivity (Wildman–Crippen MR) is 74.8 cm³/mol. The number of carbonyl (C=O) groups is 1. The minimum Gasteiger partial charge on any atom is -0.396 e. The van der Waals surface area contributed by atoms with Crippen molar-refractivity contribution in [3.05, 3.63) is 35.1 Å². The average molecular weight is 316 g/mol. The summed E-state index contributed by atoms with van der Waals surface area (Å²) >= 11 is 0. The zero-order valence-electron chi connectivity index (χ0n) is 12.1. The molecule has 2 amide bonds. The first-order chi connectivity index (χ1) is 10.5. The number of hydrogen-bond acceptors (Lipinski definition) is 2. The van der Waals surface area contributed by atoms with E-state index in [0.29, 0.717) is 13.1 Å². The molecule has 1 heterocycles. The van der Waals surface area contributed by atoms with E-state index in [-0.39, 0.29) is 37.1 Å². The molecule has 0 bridgehead atoms. The third kappa shape index (κ3) is 4.13. The predicted octanol–water partition coefficient (Wildman–Crippen LogP) is 2.06. The lowest BCUT2D eigenvalue weighted by atomic mass is 9.99. The lowest BCUT2D eigenvalue weighted by Gasteiger charge is -2.31. The zero-order valence-corrected chi connectivity index (χ0v) is 12.1. The van der Waals surface area contributed by atoms with Crippen molar-refractivity contribution in [2.24, 2.45) is 5.92 Å². The third-order valence-electron chi connectivity index (χ3n) is 3.80. The number of nitrogens with one attached hydrogen (secondary N) is 1. The zero-order chi connectivity index (χ0) is 16.1. The summed E-state index contributed by atoms with van der Waals surface area (Å²) in [5.41, 5.74) is 0.281. The normalized spacial score (nSPS) is 18.4. The summed E-state index contributed by atoms with van der Waals surface area (Å²) in [5, 5.41) is 11.8. The summed E-state index contributed by atoms with van der Waals surface area (Å²) in [6.07, 6.45) is 1.94. The van der Waals surface area contributed by atoms with Crippen LogP contribution >= 0.6 is 0 Å². The smallest absolute Gasteiger partial charge is 0.317 e. The first-order valence-corrected chi connectivity index (χ1v) is 7.28. The molecule has 1 unspecified atom stereocenters. The Morgan fingerprint density at radius 1 is 1.32 bits per heavy atom. The number of hydrogen-bond donors (Lipinski definition) is 2. The van der Waals surface area contributed by atoms with E-state index in [1.807, 2.05) is 0 Å². The van der Waals surface area contributed by atoms with Crippen LogP contribution in [0, 0.1) is 23.4 Å². The van der Waals surface area contributed by atoms with Crippen LogP contribution in [0.2, 0.25) is 0 Å². The van der Waals surface area contributed by atoms with Gasteiger partial charge in [0.05, 0.1) is 0 Å². The lowest BCUT2D eigenvalue weighted by Crippen LogP contribution is -2.46. The maximum absolute atomic E-state index is 13.1. The molecule has 0 aliphatic carbocycles. The van der Waals surface area contributed by atoms with Crippen LogP contribution in [0.1, 0.15) is 18.4 Å². The summed E-state index contributed by atoms with van der Waals surface area (Å²) in [7, 11) is 0. The third-order valence-corrected chi connectivity index (χ3v) is 3.80. The fourth-order valence-corrected chi connectivity index (χ4v) is 2.58. The van der Waals surface area contributed by atoms with Gasteiger partial charge in [0, 0.05) is 26.2 Å². The molecule has 7 heteroatoms. The molecule has 1 aromatic carbocycles. The second-order valence-electron chi connectivity index (χ2n) is 5.49. The van der Waals surface area contributed by atoms with E-state index in [1.54, 1.807) is 4.90 Å². The highest BCUT2D eigenvalue weighted by Gasteiger charge is 2.22. The molecule has 2 N–H and O–H groups in total. The standard InChI is InChI=1S/C15H19F3N2O2/c16-12-6-10(7-13(17)14(12)18)3-4-19-15(22)20-5-1-2-11(8-20)9-21/h6-7,11,21H,1-5,8-9H2,(H,19,22). The van der Waals surface area contributed by atoms with Gasteiger partial charge in [0.15, 0.2) is 17.5 Å². The molecule has 0 radical (unpaired) electrons. The SMILES string of the molecule is O=C(NCCc1cc(F)c(F)c(F)c1)N1CCCC(CO)C1. The van der Waals surface area contributed by atoms with Crippen LogP contribution in [0.3, 0.4) is 0 Å². The number of aliphatic hydroxyl groups excluding tert-OH is 1. The molecule has 1 atom stereocenters. The van der Waals surface area contributed by atoms with Crippen molar-refractivity contribution in [2.45, 2.75) is 19.3 Å². The molecule has 1 aliphatic heterocycles. The van der Waals surface area contributed by atoms with Crippen molar-refractivity contribution in [1.82, 2.24) is 10.2 Å². The fourth-order valence-electron chi connectivity index (χ4n) is 2.58. The van der Waals surface area contributed by atoms with Crippen molar-refractivity contribution < 1.29 is 23.1 Å². The molecule has 22 heavy (non-hydrogen) atoms. The van der Waals surface area contributed by atoms with Gasteiger partial charge in [0.1, 0.15) is 0 Å². The Bertz CT molecular complexity index is 517. The van der Waals surface area contributed by atoms with Gasteiger partial charge in [-0.2, -0.15) is 0 Å². The van der Waals surface area contributed by atoms with Gasteiger partial charge in [-0.15, -0.1) is 0 Å². The van der Waals surface area contributed by atoms with Crippen LogP contribution in [0.25, 0.3) is 0 Å². The molecule has 122 valence electrons. The summed E-state index contributed by atoms with van der Waals surface area (Å²) in [6, 6.07) is 1.58. The summed E-state index contributed by atoms with van der Waals surface area (Å²) in [4.78, 5) is 13.6. The Balaban J connectivity index is 1.82. The molecular weight excluding hydrogens is 297 g/mol. The second-order valence-corrected chi connectivity index (χ2v) is 5.49. The maximum Gasteiger partial charge on any atom is 0.317 e. The molecule has 0 aromatic heterocycles. The van der Waals surface area contributed by atoms with Gasteiger partial charge in [0.2, 0.25) is 0 Å². The molecule has 2 rings (SSSR count). The van der Waals surface area contributed by atoms with Crippen LogP contribution in [0.15, 0.2) is 12.1 Å². The van der Waals surface area contributed by atoms with E-state index in [2.05, 4.69) is 5.32 Å². The molecule has 1 fully saturated rings. The fraction of sp³-hybridized carbons (Fsp3) is 0.533. The first-order valence-electron chi connectivity index (χ1n) is 7.28. The topological polar surface area (TPSA) is 52.6 Å². The Morgan fingerprint density at radius 3 is 2.64 bits per heavy atom. The van der Waals surface area contributed by atoms with Crippen LogP contribution in [-0.2, 0) is 6.42 Å². The van der Waals surface area contributed by atoms with Crippen molar-refractivity contribution in [3.8, 4) is 0 Å². The van der Waals surface area contributed by atoms with Crippen LogP contribution in [0.5, 0.6) is 0 Å². The molecule has 1 aliphatic rings. The van der Waals surface area contributed by atoms with Crippen molar-refractivity contribution in [1.29, 1.82) is 0 Å². The summed E-state index contributed by atoms with van der Waals surface area (Å²) in [6.45, 7) is 1.38. The highest BCUT2D eigenvalue weighted by molar-refractivity contribution is 5.74. The van der Waals surface area contributed by atoms with Crippen LogP contribution in [-0.4, -0.2) is 42.3 Å². The lowest BCUT2D eigenvalue weighted by molar-refractivity contribution is 0.129. The Labute approximate surface area is 126 Å². The number of amides is 2. The van der Waals surface area contributed by atoms with Gasteiger partial charge < -0.3 is 15.3 Å². The molecule has 1 saturated heterocycles. The van der Waals surface area contributed by atoms with Gasteiger partial charge in [-0.25, -0.2) is 18.0 Å². The van der Waals surface area contributed by atoms with Gasteiger partial charge in [0.25, 0.3) is 0 Å². The number of urea groups is 1. The quantitative estimate of drug-likeness (QED) is 0.836. The minimum atomic E-state index is -1.49. The highest BCUT2D eigenvalue weighted by Crippen LogP contribution is 2.16. The van der Waals surface area contributed by atoms with E-state index in [0.717, 1.165) is 25.0 Å². The van der Waals surface area contributed by atoms with Crippen LogP contribution < -0.4 is 5.32 Å². The van der Waals surface area contributed by atoms with E-state index >= 15 is 0 Å². The highest BCUT2D eigenvalue weighted by atomic mass is 19.2. The Kier molecular flexibility index (Phi) is 5.65. The monoisotopic (exact) mass is 316 g/mol. The number of piperidine rings is 1. The Morgan fingerprint density at radius 2 is 2.00 bits per heavy atom. The largest absolute Gasteiger partial charge is 0.396 e. The number of rotatable bonds is 4. The number of likely N-dealkylation sites (tertiary alicyclic amines) is 1. The molecule has 1 aromatic rings. The molecular formula is C15H19F3N2O2. The number of aliphatic hydroxyl groups is 1. The van der Waals surface area contributed by atoms with Gasteiger partial charge in [-0.1, -0.05) is 0 Å². The number of benzene rings is 1. The van der Waals surface area contributed by atoms with Gasteiger partial charge >= 0.3 is 6.03 Å². The van der Waals surface area contributed by atoms with Crippen molar-refractivity contribution >= 4 is 6.03 Å². The summed E-state index contributed by atoms with van der Waals surface area (Å²) in [5.74, 6) is -3.86. The van der Waals surface area contributed by atoms with Crippen molar-refractivity contribution in [3.63, 3.8) is 0 Å². The van der Waals surface area contributed by atoms with E-state index in [1.165, 1.54) is 0 Å². The summed E-state index contributed by atoms with van der Waals surface area (Å²) < 4.78 is 39.0. The molecule has 0 spiro atoms. The van der Waals surface area contributed by atoms with E-state index in [4.69, 9.17) is 5.11 Å². The maximum atomic E-state index is 13.1. The molecule has 0 saturated carbocycles. The number of carbonyl (C=O) groups excluding carboxylic acids is 1. The minimum absolute atomic E-state index is 0.0535. The van der Waals surface area contributed by atoms with Crippen molar-refractivity contribution in [2.75, 3.05) is 26.2 Å². The number of halogens is 3. The van der Waals surface area contributed by atoms with Gasteiger partial charge in [-0.05, 0) is 42.9 Å². The Hall–Kier alpha value is -1.76.